The van der Waals surface area contributed by atoms with Crippen molar-refractivity contribution < 1.29 is 22.4 Å². The summed E-state index contributed by atoms with van der Waals surface area (Å²) in [6.07, 6.45) is 0. The number of fused-ring (bicyclic) bond motifs is 3. The van der Waals surface area contributed by atoms with Gasteiger partial charge in [0.1, 0.15) is 5.69 Å². The Morgan fingerprint density at radius 1 is 1.00 bits per heavy atom. The Morgan fingerprint density at radius 2 is 1.59 bits per heavy atom. The van der Waals surface area contributed by atoms with Crippen molar-refractivity contribution >= 4 is 29.3 Å². The van der Waals surface area contributed by atoms with Crippen LogP contribution in [-0.4, -0.2) is 18.2 Å². The minimum atomic E-state index is -4.75. The molecule has 0 atom stereocenters. The second-order valence-electron chi connectivity index (χ2n) is 6.36. The number of hydrogen-bond acceptors (Lipinski definition) is 4. The predicted octanol–water partition coefficient (Wildman–Crippen LogP) is 6.32. The summed E-state index contributed by atoms with van der Waals surface area (Å²) < 4.78 is 53.7. The first-order chi connectivity index (χ1) is 12.7. The molecule has 7 heteroatoms. The Labute approximate surface area is 157 Å². The number of benzene rings is 2. The normalized spacial score (nSPS) is 12.8. The molecule has 2 aromatic carbocycles. The number of halogens is 2. The van der Waals surface area contributed by atoms with E-state index in [-0.39, 0.29) is 18.6 Å². The summed E-state index contributed by atoms with van der Waals surface area (Å²) in [5.74, 6) is 0. The zero-order valence-electron chi connectivity index (χ0n) is 15.8. The molecular formula is C20H22F2NO3P. The molecule has 0 fully saturated rings. The van der Waals surface area contributed by atoms with Crippen molar-refractivity contribution in [1.29, 1.82) is 0 Å². The van der Waals surface area contributed by atoms with Gasteiger partial charge in [-0.1, -0.05) is 35.9 Å². The van der Waals surface area contributed by atoms with Gasteiger partial charge in [-0.05, 0) is 44.7 Å². The summed E-state index contributed by atoms with van der Waals surface area (Å²) in [7, 11) is -4.75. The van der Waals surface area contributed by atoms with E-state index >= 15 is 8.78 Å². The minimum Gasteiger partial charge on any atom is -0.304 e. The number of rotatable bonds is 6. The van der Waals surface area contributed by atoms with Crippen LogP contribution >= 0.6 is 7.60 Å². The quantitative estimate of drug-likeness (QED) is 0.363. The molecule has 0 bridgehead atoms. The summed E-state index contributed by atoms with van der Waals surface area (Å²) in [5, 5.41) is 1.65. The van der Waals surface area contributed by atoms with Crippen LogP contribution in [0.25, 0.3) is 21.7 Å². The maximum atomic E-state index is 15.5. The van der Waals surface area contributed by atoms with Crippen LogP contribution in [0.3, 0.4) is 0 Å². The first kappa shape index (κ1) is 19.9. The molecule has 3 aromatic rings. The fraction of sp³-hybridized carbons (Fsp3) is 0.350. The smallest absolute Gasteiger partial charge is 0.304 e. The fourth-order valence-electron chi connectivity index (χ4n) is 3.31. The number of aryl methyl sites for hydroxylation is 2. The van der Waals surface area contributed by atoms with Gasteiger partial charge >= 0.3 is 13.3 Å². The summed E-state index contributed by atoms with van der Waals surface area (Å²) in [5.41, 5.74) is -2.23. The lowest BCUT2D eigenvalue weighted by atomic mass is 9.99. The van der Waals surface area contributed by atoms with Crippen LogP contribution in [0, 0.1) is 13.8 Å². The van der Waals surface area contributed by atoms with E-state index in [1.807, 2.05) is 26.0 Å². The molecular weight excluding hydrogens is 371 g/mol. The summed E-state index contributed by atoms with van der Waals surface area (Å²) >= 11 is 0. The Hall–Kier alpha value is -1.88. The number of hydrogen-bond donors (Lipinski definition) is 0. The van der Waals surface area contributed by atoms with Crippen molar-refractivity contribution in [2.24, 2.45) is 0 Å². The maximum absolute atomic E-state index is 15.5. The standard InChI is InChI=1S/C20H22F2NO3P/c1-5-25-27(24,26-6-2)20(21,22)19-16-10-8-7-9-15(16)17-12-13(3)11-14(4)18(17)23-19/h7-12H,5-6H2,1-4H3. The van der Waals surface area contributed by atoms with Gasteiger partial charge in [-0.15, -0.1) is 0 Å². The Balaban J connectivity index is 2.41. The van der Waals surface area contributed by atoms with Gasteiger partial charge in [0.05, 0.1) is 18.7 Å². The lowest BCUT2D eigenvalue weighted by Gasteiger charge is -2.26. The number of nitrogens with zero attached hydrogens (tertiary/aromatic N) is 1. The van der Waals surface area contributed by atoms with Gasteiger partial charge in [0.25, 0.3) is 0 Å². The average molecular weight is 393 g/mol. The van der Waals surface area contributed by atoms with Crippen LogP contribution in [-0.2, 0) is 19.3 Å². The third kappa shape index (κ3) is 3.27. The van der Waals surface area contributed by atoms with Crippen molar-refractivity contribution in [1.82, 2.24) is 4.98 Å². The van der Waals surface area contributed by atoms with Gasteiger partial charge in [-0.3, -0.25) is 4.57 Å². The van der Waals surface area contributed by atoms with Crippen LogP contribution in [0.1, 0.15) is 30.7 Å². The van der Waals surface area contributed by atoms with Crippen LogP contribution in [0.15, 0.2) is 36.4 Å². The van der Waals surface area contributed by atoms with E-state index in [1.165, 1.54) is 13.8 Å². The Bertz CT molecular complexity index is 1040. The SMILES string of the molecule is CCOP(=O)(OCC)C(F)(F)c1nc2c(C)cc(C)cc2c2ccccc12. The highest BCUT2D eigenvalue weighted by atomic mass is 31.2. The third-order valence-electron chi connectivity index (χ3n) is 4.37. The zero-order valence-corrected chi connectivity index (χ0v) is 16.6. The summed E-state index contributed by atoms with van der Waals surface area (Å²) in [6.45, 7) is 6.46. The van der Waals surface area contributed by atoms with Crippen molar-refractivity contribution in [3.05, 3.63) is 53.2 Å². The topological polar surface area (TPSA) is 48.4 Å². The molecule has 0 spiro atoms. The number of pyridine rings is 1. The van der Waals surface area contributed by atoms with E-state index < -0.39 is 19.0 Å². The molecule has 0 saturated heterocycles. The molecule has 0 aliphatic heterocycles. The third-order valence-corrected chi connectivity index (χ3v) is 6.46. The minimum absolute atomic E-state index is 0.156. The van der Waals surface area contributed by atoms with Gasteiger partial charge in [0.15, 0.2) is 0 Å². The van der Waals surface area contributed by atoms with Crippen LogP contribution in [0.5, 0.6) is 0 Å². The molecule has 1 aromatic heterocycles. The highest BCUT2D eigenvalue weighted by molar-refractivity contribution is 7.54. The number of aromatic nitrogens is 1. The van der Waals surface area contributed by atoms with E-state index in [9.17, 15) is 4.57 Å². The van der Waals surface area contributed by atoms with Gasteiger partial charge in [0, 0.05) is 10.8 Å². The molecule has 0 aliphatic rings. The highest BCUT2D eigenvalue weighted by Crippen LogP contribution is 2.67. The van der Waals surface area contributed by atoms with E-state index in [4.69, 9.17) is 9.05 Å². The van der Waals surface area contributed by atoms with Gasteiger partial charge in [-0.2, -0.15) is 8.78 Å². The maximum Gasteiger partial charge on any atom is 0.406 e. The van der Waals surface area contributed by atoms with Crippen molar-refractivity contribution in [3.63, 3.8) is 0 Å². The zero-order chi connectivity index (χ0) is 19.8. The molecule has 1 heterocycles. The fourth-order valence-corrected chi connectivity index (χ4v) is 4.82. The Kier molecular flexibility index (Phi) is 5.35. The van der Waals surface area contributed by atoms with E-state index in [0.29, 0.717) is 10.9 Å². The molecule has 3 rings (SSSR count). The van der Waals surface area contributed by atoms with Gasteiger partial charge < -0.3 is 9.05 Å². The molecule has 144 valence electrons. The van der Waals surface area contributed by atoms with Crippen LogP contribution in [0.2, 0.25) is 0 Å². The van der Waals surface area contributed by atoms with Crippen molar-refractivity contribution in [2.45, 2.75) is 33.4 Å². The first-order valence-electron chi connectivity index (χ1n) is 8.82. The molecule has 0 aliphatic carbocycles. The van der Waals surface area contributed by atoms with Gasteiger partial charge in [-0.25, -0.2) is 4.98 Å². The van der Waals surface area contributed by atoms with E-state index in [2.05, 4.69) is 4.98 Å². The van der Waals surface area contributed by atoms with Crippen molar-refractivity contribution in [3.8, 4) is 0 Å². The summed E-state index contributed by atoms with van der Waals surface area (Å²) in [6, 6.07) is 10.6. The lowest BCUT2D eigenvalue weighted by molar-refractivity contribution is 0.0340. The van der Waals surface area contributed by atoms with E-state index in [0.717, 1.165) is 16.5 Å². The molecule has 0 unspecified atom stereocenters. The second kappa shape index (κ2) is 7.27. The molecule has 0 radical (unpaired) electrons. The highest BCUT2D eigenvalue weighted by Gasteiger charge is 2.57. The molecule has 0 amide bonds. The second-order valence-corrected chi connectivity index (χ2v) is 8.43. The lowest BCUT2D eigenvalue weighted by Crippen LogP contribution is -2.20. The average Bonchev–Trinajstić information content (AvgIpc) is 2.61. The van der Waals surface area contributed by atoms with E-state index in [1.54, 1.807) is 24.3 Å². The van der Waals surface area contributed by atoms with Crippen LogP contribution < -0.4 is 0 Å². The van der Waals surface area contributed by atoms with Gasteiger partial charge in [0.2, 0.25) is 0 Å². The largest absolute Gasteiger partial charge is 0.406 e. The molecule has 0 N–H and O–H groups in total. The molecule has 0 saturated carbocycles. The number of alkyl halides is 2. The first-order valence-corrected chi connectivity index (χ1v) is 10.4. The molecule has 27 heavy (non-hydrogen) atoms. The predicted molar refractivity (Wildman–Crippen MR) is 103 cm³/mol. The molecule has 4 nitrogen and oxygen atoms in total. The van der Waals surface area contributed by atoms with Crippen LogP contribution in [0.4, 0.5) is 8.78 Å². The Morgan fingerprint density at radius 3 is 2.19 bits per heavy atom. The monoisotopic (exact) mass is 393 g/mol. The van der Waals surface area contributed by atoms with Crippen molar-refractivity contribution in [2.75, 3.05) is 13.2 Å². The summed E-state index contributed by atoms with van der Waals surface area (Å²) in [4.78, 5) is 4.26.